The Bertz CT molecular complexity index is 407. The van der Waals surface area contributed by atoms with E-state index in [0.717, 1.165) is 23.1 Å². The van der Waals surface area contributed by atoms with Gasteiger partial charge < -0.3 is 10.4 Å². The normalized spacial score (nSPS) is 17.3. The van der Waals surface area contributed by atoms with Gasteiger partial charge in [0.15, 0.2) is 0 Å². The molecule has 1 heterocycles. The van der Waals surface area contributed by atoms with Crippen LogP contribution < -0.4 is 5.32 Å². The van der Waals surface area contributed by atoms with E-state index in [4.69, 9.17) is 5.11 Å². The topological polar surface area (TPSA) is 49.3 Å². The van der Waals surface area contributed by atoms with Gasteiger partial charge in [0.05, 0.1) is 11.8 Å². The molecule has 0 fully saturated rings. The number of aliphatic hydroxyl groups is 1. The molecule has 0 aromatic heterocycles. The summed E-state index contributed by atoms with van der Waals surface area (Å²) < 4.78 is 0. The maximum atomic E-state index is 11.3. The van der Waals surface area contributed by atoms with Crippen LogP contribution >= 0.6 is 0 Å². The minimum atomic E-state index is -0.244. The van der Waals surface area contributed by atoms with Crippen molar-refractivity contribution in [3.63, 3.8) is 0 Å². The minimum absolute atomic E-state index is 0.244. The number of aryl methyl sites for hydroxylation is 1. The van der Waals surface area contributed by atoms with Crippen LogP contribution in [0, 0.1) is 6.92 Å². The van der Waals surface area contributed by atoms with Crippen LogP contribution in [-0.4, -0.2) is 11.0 Å². The molecule has 0 saturated carbocycles. The average Bonchev–Trinajstić information content (AvgIpc) is 2.42. The standard InChI is InChI=1S/C10H9NO2/c1-6-3-2-4-8-9(6)7(5-12)10(13)11-8/h2-5,12H,1H3,(H,11,13). The molecule has 13 heavy (non-hydrogen) atoms. The number of fused-ring (bicyclic) bond motifs is 1. The van der Waals surface area contributed by atoms with Crippen LogP contribution in [0.5, 0.6) is 0 Å². The fourth-order valence-corrected chi connectivity index (χ4v) is 1.56. The summed E-state index contributed by atoms with van der Waals surface area (Å²) in [5.74, 6) is -0.244. The first-order valence-electron chi connectivity index (χ1n) is 4.00. The second kappa shape index (κ2) is 2.62. The summed E-state index contributed by atoms with van der Waals surface area (Å²) in [7, 11) is 0. The van der Waals surface area contributed by atoms with Crippen molar-refractivity contribution in [3.8, 4) is 0 Å². The van der Waals surface area contributed by atoms with E-state index < -0.39 is 0 Å². The van der Waals surface area contributed by atoms with E-state index in [2.05, 4.69) is 5.32 Å². The van der Waals surface area contributed by atoms with E-state index in [1.54, 1.807) is 0 Å². The lowest BCUT2D eigenvalue weighted by Gasteiger charge is -2.00. The van der Waals surface area contributed by atoms with Gasteiger partial charge in [-0.15, -0.1) is 0 Å². The summed E-state index contributed by atoms with van der Waals surface area (Å²) in [6, 6.07) is 5.59. The number of aliphatic hydroxyl groups excluding tert-OH is 1. The Balaban J connectivity index is 2.70. The number of carbonyl (C=O) groups excluding carboxylic acids is 1. The lowest BCUT2D eigenvalue weighted by atomic mass is 10.0. The lowest BCUT2D eigenvalue weighted by molar-refractivity contribution is -0.110. The molecular formula is C10H9NO2. The molecule has 0 atom stereocenters. The number of rotatable bonds is 0. The minimum Gasteiger partial charge on any atom is -0.515 e. The summed E-state index contributed by atoms with van der Waals surface area (Å²) in [4.78, 5) is 11.3. The molecule has 2 rings (SSSR count). The molecule has 0 unspecified atom stereocenters. The molecule has 1 aliphatic rings. The molecule has 66 valence electrons. The van der Waals surface area contributed by atoms with Gasteiger partial charge in [0, 0.05) is 11.3 Å². The van der Waals surface area contributed by atoms with Crippen LogP contribution in [0.3, 0.4) is 0 Å². The van der Waals surface area contributed by atoms with Crippen molar-refractivity contribution < 1.29 is 9.90 Å². The first kappa shape index (κ1) is 7.86. The summed E-state index contributed by atoms with van der Waals surface area (Å²) >= 11 is 0. The fourth-order valence-electron chi connectivity index (χ4n) is 1.56. The van der Waals surface area contributed by atoms with E-state index in [1.165, 1.54) is 0 Å². The van der Waals surface area contributed by atoms with Gasteiger partial charge in [0.25, 0.3) is 5.91 Å². The van der Waals surface area contributed by atoms with Crippen LogP contribution in [0.4, 0.5) is 5.69 Å². The fraction of sp³-hybridized carbons (Fsp3) is 0.100. The number of hydrogen-bond acceptors (Lipinski definition) is 2. The van der Waals surface area contributed by atoms with Gasteiger partial charge in [-0.1, -0.05) is 12.1 Å². The van der Waals surface area contributed by atoms with Crippen LogP contribution in [0.1, 0.15) is 11.1 Å². The summed E-state index contributed by atoms with van der Waals surface area (Å²) in [5, 5.41) is 11.6. The molecular weight excluding hydrogens is 166 g/mol. The summed E-state index contributed by atoms with van der Waals surface area (Å²) in [6.07, 6.45) is 0.855. The number of amides is 1. The van der Waals surface area contributed by atoms with Crippen molar-refractivity contribution in [1.82, 2.24) is 0 Å². The van der Waals surface area contributed by atoms with Crippen LogP contribution in [0.2, 0.25) is 0 Å². The van der Waals surface area contributed by atoms with E-state index in [-0.39, 0.29) is 5.91 Å². The van der Waals surface area contributed by atoms with Gasteiger partial charge in [-0.3, -0.25) is 4.79 Å². The zero-order valence-corrected chi connectivity index (χ0v) is 7.16. The summed E-state index contributed by atoms with van der Waals surface area (Å²) in [5.41, 5.74) is 2.89. The van der Waals surface area contributed by atoms with E-state index in [9.17, 15) is 4.79 Å². The highest BCUT2D eigenvalue weighted by atomic mass is 16.2. The second-order valence-electron chi connectivity index (χ2n) is 2.99. The molecule has 1 amide bonds. The Labute approximate surface area is 75.7 Å². The highest BCUT2D eigenvalue weighted by Crippen LogP contribution is 2.33. The Morgan fingerprint density at radius 1 is 1.46 bits per heavy atom. The van der Waals surface area contributed by atoms with E-state index in [1.807, 2.05) is 25.1 Å². The van der Waals surface area contributed by atoms with Gasteiger partial charge in [0.2, 0.25) is 0 Å². The molecule has 1 aromatic carbocycles. The van der Waals surface area contributed by atoms with Crippen molar-refractivity contribution in [2.24, 2.45) is 0 Å². The van der Waals surface area contributed by atoms with Gasteiger partial charge in [0.1, 0.15) is 0 Å². The van der Waals surface area contributed by atoms with Crippen molar-refractivity contribution in [1.29, 1.82) is 0 Å². The summed E-state index contributed by atoms with van der Waals surface area (Å²) in [6.45, 7) is 1.91. The first-order chi connectivity index (χ1) is 6.24. The molecule has 3 heteroatoms. The smallest absolute Gasteiger partial charge is 0.259 e. The molecule has 0 bridgehead atoms. The largest absolute Gasteiger partial charge is 0.515 e. The molecule has 1 aromatic rings. The number of anilines is 1. The van der Waals surface area contributed by atoms with E-state index >= 15 is 0 Å². The average molecular weight is 175 g/mol. The molecule has 0 saturated heterocycles. The number of nitrogens with one attached hydrogen (secondary N) is 1. The van der Waals surface area contributed by atoms with Crippen LogP contribution in [0.25, 0.3) is 5.57 Å². The molecule has 0 radical (unpaired) electrons. The van der Waals surface area contributed by atoms with Crippen LogP contribution in [-0.2, 0) is 4.79 Å². The maximum Gasteiger partial charge on any atom is 0.259 e. The van der Waals surface area contributed by atoms with E-state index in [0.29, 0.717) is 5.57 Å². The number of hydrogen-bond donors (Lipinski definition) is 2. The Hall–Kier alpha value is -1.77. The SMILES string of the molecule is Cc1cccc2c1C(=CO)C(=O)N2. The highest BCUT2D eigenvalue weighted by Gasteiger charge is 2.25. The molecule has 2 N–H and O–H groups in total. The van der Waals surface area contributed by atoms with Gasteiger partial charge in [-0.05, 0) is 18.6 Å². The molecule has 0 spiro atoms. The third kappa shape index (κ3) is 1.01. The van der Waals surface area contributed by atoms with Crippen LogP contribution in [0.15, 0.2) is 24.5 Å². The zero-order valence-electron chi connectivity index (χ0n) is 7.16. The third-order valence-corrected chi connectivity index (χ3v) is 2.16. The van der Waals surface area contributed by atoms with Gasteiger partial charge in [-0.25, -0.2) is 0 Å². The van der Waals surface area contributed by atoms with Crippen molar-refractivity contribution in [2.75, 3.05) is 5.32 Å². The molecule has 3 nitrogen and oxygen atoms in total. The predicted molar refractivity (Wildman–Crippen MR) is 50.4 cm³/mol. The Morgan fingerprint density at radius 3 is 2.92 bits per heavy atom. The highest BCUT2D eigenvalue weighted by molar-refractivity contribution is 6.31. The Kier molecular flexibility index (Phi) is 1.59. The lowest BCUT2D eigenvalue weighted by Crippen LogP contribution is -2.03. The third-order valence-electron chi connectivity index (χ3n) is 2.16. The second-order valence-corrected chi connectivity index (χ2v) is 2.99. The molecule has 1 aliphatic heterocycles. The predicted octanol–water partition coefficient (Wildman–Crippen LogP) is 1.85. The quantitative estimate of drug-likeness (QED) is 0.467. The van der Waals surface area contributed by atoms with Crippen molar-refractivity contribution in [3.05, 3.63) is 35.6 Å². The first-order valence-corrected chi connectivity index (χ1v) is 4.00. The monoisotopic (exact) mass is 175 g/mol. The zero-order chi connectivity index (χ0) is 9.42. The van der Waals surface area contributed by atoms with Crippen molar-refractivity contribution >= 4 is 17.2 Å². The number of carbonyl (C=O) groups is 1. The Morgan fingerprint density at radius 2 is 2.23 bits per heavy atom. The van der Waals surface area contributed by atoms with Gasteiger partial charge in [-0.2, -0.15) is 0 Å². The molecule has 0 aliphatic carbocycles. The maximum absolute atomic E-state index is 11.3. The van der Waals surface area contributed by atoms with Crippen molar-refractivity contribution in [2.45, 2.75) is 6.92 Å². The number of benzene rings is 1. The van der Waals surface area contributed by atoms with Gasteiger partial charge >= 0.3 is 0 Å².